The lowest BCUT2D eigenvalue weighted by molar-refractivity contribution is -0.123. The minimum Gasteiger partial charge on any atom is -0.434 e. The van der Waals surface area contributed by atoms with Crippen molar-refractivity contribution >= 4 is 28.7 Å². The zero-order valence-electron chi connectivity index (χ0n) is 18.0. The van der Waals surface area contributed by atoms with Crippen LogP contribution >= 0.6 is 0 Å². The number of ketones is 1. The largest absolute Gasteiger partial charge is 0.434 e. The molecule has 0 spiro atoms. The topological polar surface area (TPSA) is 115 Å². The van der Waals surface area contributed by atoms with E-state index in [9.17, 15) is 23.2 Å². The first-order valence-electron chi connectivity index (χ1n) is 10.7. The Kier molecular flexibility index (Phi) is 7.87. The molecule has 0 aliphatic carbocycles. The predicted molar refractivity (Wildman–Crippen MR) is 118 cm³/mol. The van der Waals surface area contributed by atoms with E-state index < -0.39 is 30.6 Å². The summed E-state index contributed by atoms with van der Waals surface area (Å²) < 4.78 is 34.0. The third-order valence-electron chi connectivity index (χ3n) is 5.13. The van der Waals surface area contributed by atoms with Crippen molar-refractivity contribution in [1.29, 1.82) is 0 Å². The Morgan fingerprint density at radius 1 is 1.00 bits per heavy atom. The number of hydrogen-bond acceptors (Lipinski definition) is 5. The molecule has 0 saturated carbocycles. The number of nitrogens with zero attached hydrogens (tertiary/aromatic N) is 1. The van der Waals surface area contributed by atoms with Crippen LogP contribution in [0.3, 0.4) is 0 Å². The molecule has 33 heavy (non-hydrogen) atoms. The molecule has 0 saturated heterocycles. The number of carbonyl (C=O) groups excluding carboxylic acids is 3. The predicted octanol–water partition coefficient (Wildman–Crippen LogP) is 4.05. The Bertz CT molecular complexity index is 1110. The summed E-state index contributed by atoms with van der Waals surface area (Å²) in [6.07, 6.45) is -0.453. The number of carbonyl (C=O) groups is 3. The van der Waals surface area contributed by atoms with E-state index in [1.165, 1.54) is 12.1 Å². The summed E-state index contributed by atoms with van der Waals surface area (Å²) in [5.74, 6) is -4.60. The number of alkyl halides is 2. The van der Waals surface area contributed by atoms with Crippen molar-refractivity contribution in [2.45, 2.75) is 44.4 Å². The highest BCUT2D eigenvalue weighted by Gasteiger charge is 2.31. The van der Waals surface area contributed by atoms with E-state index in [1.54, 1.807) is 36.4 Å². The van der Waals surface area contributed by atoms with Gasteiger partial charge in [-0.15, -0.1) is 0 Å². The number of nitrogens with one attached hydrogen (secondary N) is 1. The number of oxazole rings is 1. The van der Waals surface area contributed by atoms with Gasteiger partial charge in [0.25, 0.3) is 11.8 Å². The number of fused-ring (bicyclic) bond motifs is 1. The van der Waals surface area contributed by atoms with E-state index in [-0.39, 0.29) is 42.2 Å². The van der Waals surface area contributed by atoms with Crippen molar-refractivity contribution in [1.82, 2.24) is 10.3 Å². The number of aromatic nitrogens is 1. The van der Waals surface area contributed by atoms with Crippen LogP contribution in [-0.2, 0) is 11.2 Å². The summed E-state index contributed by atoms with van der Waals surface area (Å²) in [5.41, 5.74) is 6.59. The lowest BCUT2D eigenvalue weighted by Crippen LogP contribution is -2.28. The number of rotatable bonds is 12. The molecule has 2 amide bonds. The summed E-state index contributed by atoms with van der Waals surface area (Å²) >= 11 is 0. The highest BCUT2D eigenvalue weighted by atomic mass is 19.3. The molecule has 0 atom stereocenters. The number of primary amides is 1. The molecular formula is C24H25F2N3O4. The number of nitrogens with two attached hydrogens (primary N) is 1. The molecule has 9 heteroatoms. The molecule has 3 aromatic rings. The zero-order valence-corrected chi connectivity index (χ0v) is 18.0. The van der Waals surface area contributed by atoms with Crippen molar-refractivity contribution in [2.24, 2.45) is 5.73 Å². The number of hydrogen-bond donors (Lipinski definition) is 2. The second-order valence-corrected chi connectivity index (χ2v) is 7.77. The quantitative estimate of drug-likeness (QED) is 0.314. The van der Waals surface area contributed by atoms with Crippen LogP contribution in [0.4, 0.5) is 8.78 Å². The fourth-order valence-electron chi connectivity index (χ4n) is 3.40. The number of Topliss-reactive ketones (excluding diaryl/α,β-unsaturated/α-hetero) is 1. The first-order valence-corrected chi connectivity index (χ1v) is 10.7. The maximum absolute atomic E-state index is 14.3. The van der Waals surface area contributed by atoms with Gasteiger partial charge in [0, 0.05) is 37.8 Å². The number of para-hydroxylation sites is 2. The van der Waals surface area contributed by atoms with Gasteiger partial charge in [-0.2, -0.15) is 0 Å². The SMILES string of the molecule is NC(=O)c1ccccc1CC(F)(F)CCC(=O)NCCCCC(=O)c1nc2ccccc2o1. The van der Waals surface area contributed by atoms with Gasteiger partial charge in [-0.05, 0) is 36.6 Å². The Labute approximate surface area is 189 Å². The van der Waals surface area contributed by atoms with Crippen LogP contribution in [-0.4, -0.2) is 35.0 Å². The van der Waals surface area contributed by atoms with Gasteiger partial charge in [0.1, 0.15) is 5.52 Å². The van der Waals surface area contributed by atoms with E-state index >= 15 is 0 Å². The van der Waals surface area contributed by atoms with Gasteiger partial charge in [-0.1, -0.05) is 30.3 Å². The normalized spacial score (nSPS) is 11.5. The number of unbranched alkanes of at least 4 members (excludes halogenated alkanes) is 1. The minimum atomic E-state index is -3.16. The Balaban J connectivity index is 1.35. The molecule has 1 aromatic heterocycles. The molecule has 2 aromatic carbocycles. The van der Waals surface area contributed by atoms with Gasteiger partial charge in [0.2, 0.25) is 17.6 Å². The van der Waals surface area contributed by atoms with Crippen LogP contribution in [0, 0.1) is 0 Å². The standard InChI is InChI=1S/C24H25F2N3O4/c25-24(26,15-16-7-1-2-8-17(16)22(27)32)13-12-21(31)28-14-6-5-10-19(30)23-29-18-9-3-4-11-20(18)33-23/h1-4,7-9,11H,5-6,10,12-15H2,(H2,27,32)(H,28,31). The number of benzene rings is 2. The van der Waals surface area contributed by atoms with E-state index in [0.717, 1.165) is 0 Å². The van der Waals surface area contributed by atoms with Crippen LogP contribution < -0.4 is 11.1 Å². The Morgan fingerprint density at radius 3 is 2.48 bits per heavy atom. The van der Waals surface area contributed by atoms with E-state index in [1.807, 2.05) is 0 Å². The van der Waals surface area contributed by atoms with Crippen molar-refractivity contribution in [3.8, 4) is 0 Å². The minimum absolute atomic E-state index is 0.0500. The molecule has 7 nitrogen and oxygen atoms in total. The van der Waals surface area contributed by atoms with Gasteiger partial charge >= 0.3 is 0 Å². The lowest BCUT2D eigenvalue weighted by Gasteiger charge is -2.17. The molecule has 3 rings (SSSR count). The van der Waals surface area contributed by atoms with Crippen molar-refractivity contribution < 1.29 is 27.6 Å². The van der Waals surface area contributed by atoms with Crippen LogP contribution in [0.15, 0.2) is 52.9 Å². The van der Waals surface area contributed by atoms with Crippen molar-refractivity contribution in [2.75, 3.05) is 6.54 Å². The molecule has 3 N–H and O–H groups in total. The molecule has 0 bridgehead atoms. The number of amides is 2. The van der Waals surface area contributed by atoms with E-state index in [2.05, 4.69) is 10.3 Å². The van der Waals surface area contributed by atoms with Crippen LogP contribution in [0.2, 0.25) is 0 Å². The van der Waals surface area contributed by atoms with Crippen molar-refractivity contribution in [3.63, 3.8) is 0 Å². The van der Waals surface area contributed by atoms with Crippen LogP contribution in [0.25, 0.3) is 11.1 Å². The molecule has 0 fully saturated rings. The molecule has 0 radical (unpaired) electrons. The monoisotopic (exact) mass is 457 g/mol. The van der Waals surface area contributed by atoms with Gasteiger partial charge in [0.05, 0.1) is 0 Å². The van der Waals surface area contributed by atoms with Gasteiger partial charge in [-0.25, -0.2) is 13.8 Å². The third-order valence-corrected chi connectivity index (χ3v) is 5.13. The highest BCUT2D eigenvalue weighted by molar-refractivity contribution is 5.94. The summed E-state index contributed by atoms with van der Waals surface area (Å²) in [6, 6.07) is 13.0. The summed E-state index contributed by atoms with van der Waals surface area (Å²) in [4.78, 5) is 39.7. The van der Waals surface area contributed by atoms with Gasteiger partial charge < -0.3 is 15.5 Å². The van der Waals surface area contributed by atoms with E-state index in [4.69, 9.17) is 10.2 Å². The Morgan fingerprint density at radius 2 is 1.73 bits per heavy atom. The first-order chi connectivity index (χ1) is 15.7. The number of halogens is 2. The third kappa shape index (κ3) is 6.93. The molecule has 0 aliphatic rings. The maximum Gasteiger partial charge on any atom is 0.264 e. The average Bonchev–Trinajstić information content (AvgIpc) is 3.22. The van der Waals surface area contributed by atoms with Gasteiger partial charge in [0.15, 0.2) is 5.58 Å². The zero-order chi connectivity index (χ0) is 23.8. The summed E-state index contributed by atoms with van der Waals surface area (Å²) in [7, 11) is 0. The molecule has 1 heterocycles. The second kappa shape index (κ2) is 10.8. The fourth-order valence-corrected chi connectivity index (χ4v) is 3.40. The summed E-state index contributed by atoms with van der Waals surface area (Å²) in [5, 5.41) is 2.59. The fraction of sp³-hybridized carbons (Fsp3) is 0.333. The van der Waals surface area contributed by atoms with Gasteiger partial charge in [-0.3, -0.25) is 14.4 Å². The van der Waals surface area contributed by atoms with E-state index in [0.29, 0.717) is 23.9 Å². The molecule has 0 aliphatic heterocycles. The second-order valence-electron chi connectivity index (χ2n) is 7.77. The summed E-state index contributed by atoms with van der Waals surface area (Å²) in [6.45, 7) is 0.274. The molecule has 0 unspecified atom stereocenters. The molecular weight excluding hydrogens is 432 g/mol. The average molecular weight is 457 g/mol. The smallest absolute Gasteiger partial charge is 0.264 e. The molecule has 174 valence electrons. The Hall–Kier alpha value is -3.62. The lowest BCUT2D eigenvalue weighted by atomic mass is 9.98. The van der Waals surface area contributed by atoms with Crippen molar-refractivity contribution in [3.05, 3.63) is 65.5 Å². The first kappa shape index (κ1) is 24.0. The highest BCUT2D eigenvalue weighted by Crippen LogP contribution is 2.27. The maximum atomic E-state index is 14.3. The van der Waals surface area contributed by atoms with Crippen LogP contribution in [0.5, 0.6) is 0 Å². The van der Waals surface area contributed by atoms with Crippen LogP contribution in [0.1, 0.15) is 58.7 Å².